The van der Waals surface area contributed by atoms with Gasteiger partial charge in [-0.15, -0.1) is 0 Å². The maximum Gasteiger partial charge on any atom is 0.0624 e. The van der Waals surface area contributed by atoms with Crippen molar-refractivity contribution in [2.75, 3.05) is 6.54 Å². The number of halogens is 1. The molecule has 1 heterocycles. The smallest absolute Gasteiger partial charge is 0.0624 e. The summed E-state index contributed by atoms with van der Waals surface area (Å²) in [7, 11) is 2.03. The van der Waals surface area contributed by atoms with Crippen LogP contribution in [-0.2, 0) is 19.9 Å². The van der Waals surface area contributed by atoms with Crippen molar-refractivity contribution >= 4 is 15.9 Å². The van der Waals surface area contributed by atoms with Crippen LogP contribution in [0.5, 0.6) is 0 Å². The Bertz CT molecular complexity index is 604. The summed E-state index contributed by atoms with van der Waals surface area (Å²) in [6, 6.07) is 9.02. The van der Waals surface area contributed by atoms with Crippen molar-refractivity contribution in [3.05, 3.63) is 51.3 Å². The highest BCUT2D eigenvalue weighted by Gasteiger charge is 2.16. The molecular weight excluding hydrogens is 326 g/mol. The van der Waals surface area contributed by atoms with E-state index in [0.717, 1.165) is 29.6 Å². The van der Waals surface area contributed by atoms with Gasteiger partial charge in [0.1, 0.15) is 0 Å². The van der Waals surface area contributed by atoms with Crippen LogP contribution in [0.2, 0.25) is 0 Å². The van der Waals surface area contributed by atoms with Crippen molar-refractivity contribution in [3.8, 4) is 0 Å². The molecule has 3 nitrogen and oxygen atoms in total. The first-order valence-corrected chi connectivity index (χ1v) is 8.35. The zero-order chi connectivity index (χ0) is 15.4. The second-order valence-corrected chi connectivity index (χ2v) is 6.34. The zero-order valence-electron chi connectivity index (χ0n) is 13.3. The molecule has 0 fully saturated rings. The first-order chi connectivity index (χ1) is 10.0. The molecule has 0 aliphatic heterocycles. The van der Waals surface area contributed by atoms with Crippen molar-refractivity contribution in [2.24, 2.45) is 7.05 Å². The summed E-state index contributed by atoms with van der Waals surface area (Å²) in [6.45, 7) is 7.43. The van der Waals surface area contributed by atoms with Gasteiger partial charge in [-0.2, -0.15) is 5.10 Å². The Morgan fingerprint density at radius 3 is 2.67 bits per heavy atom. The molecule has 114 valence electrons. The number of aryl methyl sites for hydroxylation is 3. The normalized spacial score (nSPS) is 12.6. The lowest BCUT2D eigenvalue weighted by molar-refractivity contribution is 0.526. The molecule has 1 atom stereocenters. The summed E-state index contributed by atoms with van der Waals surface area (Å²) < 4.78 is 3.14. The van der Waals surface area contributed by atoms with Crippen molar-refractivity contribution in [3.63, 3.8) is 0 Å². The van der Waals surface area contributed by atoms with Gasteiger partial charge in [-0.3, -0.25) is 4.68 Å². The molecule has 4 heteroatoms. The van der Waals surface area contributed by atoms with Crippen LogP contribution in [0.4, 0.5) is 0 Å². The van der Waals surface area contributed by atoms with Crippen molar-refractivity contribution in [1.29, 1.82) is 0 Å². The fraction of sp³-hybridized carbons (Fsp3) is 0.471. The number of aromatic nitrogens is 2. The van der Waals surface area contributed by atoms with Crippen molar-refractivity contribution in [1.82, 2.24) is 15.1 Å². The highest BCUT2D eigenvalue weighted by Crippen LogP contribution is 2.25. The number of hydrogen-bond donors (Lipinski definition) is 1. The van der Waals surface area contributed by atoms with Gasteiger partial charge in [0, 0.05) is 29.7 Å². The Hall–Kier alpha value is -1.13. The highest BCUT2D eigenvalue weighted by molar-refractivity contribution is 9.10. The minimum atomic E-state index is 0.313. The van der Waals surface area contributed by atoms with Gasteiger partial charge < -0.3 is 5.32 Å². The Morgan fingerprint density at radius 2 is 2.05 bits per heavy atom. The topological polar surface area (TPSA) is 29.9 Å². The molecule has 0 saturated heterocycles. The van der Waals surface area contributed by atoms with Crippen molar-refractivity contribution < 1.29 is 0 Å². The fourth-order valence-corrected chi connectivity index (χ4v) is 3.05. The van der Waals surface area contributed by atoms with Gasteiger partial charge in [0.15, 0.2) is 0 Å². The largest absolute Gasteiger partial charge is 0.310 e. The summed E-state index contributed by atoms with van der Waals surface area (Å²) in [5, 5.41) is 8.16. The summed E-state index contributed by atoms with van der Waals surface area (Å²) in [5.74, 6) is 0. The molecule has 0 bridgehead atoms. The predicted molar refractivity (Wildman–Crippen MR) is 91.6 cm³/mol. The average molecular weight is 350 g/mol. The Balaban J connectivity index is 2.30. The zero-order valence-corrected chi connectivity index (χ0v) is 14.9. The molecule has 2 aromatic rings. The SMILES string of the molecule is CCNC(Cc1cc(CC)nn1C)c1cc(Br)ccc1C. The minimum Gasteiger partial charge on any atom is -0.310 e. The number of likely N-dealkylation sites (N-methyl/N-ethyl adjacent to an activating group) is 1. The van der Waals surface area contributed by atoms with Gasteiger partial charge in [0.05, 0.1) is 5.69 Å². The Labute approximate surface area is 135 Å². The molecule has 1 N–H and O–H groups in total. The van der Waals surface area contributed by atoms with Crippen molar-refractivity contribution in [2.45, 2.75) is 39.7 Å². The van der Waals surface area contributed by atoms with Crippen LogP contribution in [0.1, 0.15) is 42.4 Å². The van der Waals surface area contributed by atoms with Gasteiger partial charge in [0.2, 0.25) is 0 Å². The van der Waals surface area contributed by atoms with E-state index in [2.05, 4.69) is 71.4 Å². The molecule has 0 amide bonds. The second kappa shape index (κ2) is 7.23. The lowest BCUT2D eigenvalue weighted by Gasteiger charge is -2.21. The molecule has 0 saturated carbocycles. The summed E-state index contributed by atoms with van der Waals surface area (Å²) in [5.41, 5.74) is 5.11. The van der Waals surface area contributed by atoms with Crippen LogP contribution in [0.15, 0.2) is 28.7 Å². The molecule has 0 aliphatic carbocycles. The number of hydrogen-bond acceptors (Lipinski definition) is 2. The summed E-state index contributed by atoms with van der Waals surface area (Å²) in [4.78, 5) is 0. The van der Waals surface area contributed by atoms with E-state index in [1.54, 1.807) is 0 Å². The summed E-state index contributed by atoms with van der Waals surface area (Å²) >= 11 is 3.59. The molecule has 1 aromatic heterocycles. The van der Waals surface area contributed by atoms with Gasteiger partial charge in [-0.1, -0.05) is 35.8 Å². The quantitative estimate of drug-likeness (QED) is 0.855. The lowest BCUT2D eigenvalue weighted by atomic mass is 9.97. The lowest BCUT2D eigenvalue weighted by Crippen LogP contribution is -2.24. The third-order valence-corrected chi connectivity index (χ3v) is 4.36. The fourth-order valence-electron chi connectivity index (χ4n) is 2.67. The third kappa shape index (κ3) is 3.95. The van der Waals surface area contributed by atoms with E-state index in [1.165, 1.54) is 16.8 Å². The van der Waals surface area contributed by atoms with E-state index < -0.39 is 0 Å². The highest BCUT2D eigenvalue weighted by atomic mass is 79.9. The standard InChI is InChI=1S/C17H24BrN3/c1-5-14-10-15(21(4)20-14)11-17(19-6-2)16-9-13(18)8-7-12(16)3/h7-10,17,19H,5-6,11H2,1-4H3. The van der Waals surface area contributed by atoms with Gasteiger partial charge in [-0.05, 0) is 49.2 Å². The van der Waals surface area contributed by atoms with Crippen LogP contribution in [0, 0.1) is 6.92 Å². The first kappa shape index (κ1) is 16.2. The maximum absolute atomic E-state index is 4.56. The van der Waals surface area contributed by atoms with Gasteiger partial charge in [0.25, 0.3) is 0 Å². The monoisotopic (exact) mass is 349 g/mol. The predicted octanol–water partition coefficient (Wildman–Crippen LogP) is 3.95. The molecule has 0 spiro atoms. The van der Waals surface area contributed by atoms with Crippen LogP contribution in [0.25, 0.3) is 0 Å². The number of nitrogens with one attached hydrogen (secondary N) is 1. The van der Waals surface area contributed by atoms with Gasteiger partial charge >= 0.3 is 0 Å². The van der Waals surface area contributed by atoms with E-state index in [9.17, 15) is 0 Å². The first-order valence-electron chi connectivity index (χ1n) is 7.56. The van der Waals surface area contributed by atoms with Crippen LogP contribution >= 0.6 is 15.9 Å². The summed E-state index contributed by atoms with van der Waals surface area (Å²) in [6.07, 6.45) is 1.93. The molecule has 0 radical (unpaired) electrons. The maximum atomic E-state index is 4.56. The van der Waals surface area contributed by atoms with Crippen LogP contribution < -0.4 is 5.32 Å². The van der Waals surface area contributed by atoms with E-state index >= 15 is 0 Å². The molecule has 1 aromatic carbocycles. The minimum absolute atomic E-state index is 0.313. The molecule has 21 heavy (non-hydrogen) atoms. The second-order valence-electron chi connectivity index (χ2n) is 5.42. The molecule has 0 aliphatic rings. The Kier molecular flexibility index (Phi) is 5.59. The van der Waals surface area contributed by atoms with E-state index in [1.807, 2.05) is 11.7 Å². The van der Waals surface area contributed by atoms with Crippen LogP contribution in [0.3, 0.4) is 0 Å². The number of benzene rings is 1. The average Bonchev–Trinajstić information content (AvgIpc) is 2.82. The molecule has 2 rings (SSSR count). The van der Waals surface area contributed by atoms with E-state index in [4.69, 9.17) is 0 Å². The molecule has 1 unspecified atom stereocenters. The van der Waals surface area contributed by atoms with E-state index in [-0.39, 0.29) is 0 Å². The Morgan fingerprint density at radius 1 is 1.29 bits per heavy atom. The van der Waals surface area contributed by atoms with Gasteiger partial charge in [-0.25, -0.2) is 0 Å². The number of rotatable bonds is 6. The molecular formula is C17H24BrN3. The third-order valence-electron chi connectivity index (χ3n) is 3.87. The number of nitrogens with zero attached hydrogens (tertiary/aromatic N) is 2. The van der Waals surface area contributed by atoms with E-state index in [0.29, 0.717) is 6.04 Å². The van der Waals surface area contributed by atoms with Crippen LogP contribution in [-0.4, -0.2) is 16.3 Å².